The van der Waals surface area contributed by atoms with Gasteiger partial charge in [0.15, 0.2) is 0 Å². The van der Waals surface area contributed by atoms with Crippen LogP contribution < -0.4 is 0 Å². The van der Waals surface area contributed by atoms with Gasteiger partial charge in [0.2, 0.25) is 0 Å². The highest BCUT2D eigenvalue weighted by molar-refractivity contribution is 8.12. The third kappa shape index (κ3) is 2.34. The lowest BCUT2D eigenvalue weighted by Crippen LogP contribution is -2.25. The SMILES string of the molecule is CP(C)(=S)N1CCCCC1. The molecule has 0 aliphatic carbocycles. The van der Waals surface area contributed by atoms with Crippen LogP contribution in [0.1, 0.15) is 19.3 Å². The molecular weight excluding hydrogens is 161 g/mol. The van der Waals surface area contributed by atoms with Crippen LogP contribution in [0.2, 0.25) is 0 Å². The Balaban J connectivity index is 2.47. The van der Waals surface area contributed by atoms with E-state index in [4.69, 9.17) is 11.8 Å². The van der Waals surface area contributed by atoms with Crippen LogP contribution in [0.5, 0.6) is 0 Å². The lowest BCUT2D eigenvalue weighted by molar-refractivity contribution is 0.370. The zero-order valence-corrected chi connectivity index (χ0v) is 8.55. The van der Waals surface area contributed by atoms with Gasteiger partial charge in [-0.15, -0.1) is 0 Å². The molecule has 0 aromatic rings. The Morgan fingerprint density at radius 2 is 1.60 bits per heavy atom. The Labute approximate surface area is 68.9 Å². The molecule has 0 N–H and O–H groups in total. The molecule has 0 atom stereocenters. The molecule has 1 heterocycles. The van der Waals surface area contributed by atoms with E-state index in [-0.39, 0.29) is 0 Å². The van der Waals surface area contributed by atoms with Crippen LogP contribution in [0.25, 0.3) is 0 Å². The second kappa shape index (κ2) is 3.34. The summed E-state index contributed by atoms with van der Waals surface area (Å²) in [6, 6.07) is 0. The second-order valence-corrected chi connectivity index (χ2v) is 9.14. The lowest BCUT2D eigenvalue weighted by Gasteiger charge is -2.32. The summed E-state index contributed by atoms with van der Waals surface area (Å²) < 4.78 is 2.51. The van der Waals surface area contributed by atoms with Gasteiger partial charge in [0.05, 0.1) is 0 Å². The average Bonchev–Trinajstić information content (AvgIpc) is 1.88. The van der Waals surface area contributed by atoms with Crippen LogP contribution in [-0.4, -0.2) is 31.1 Å². The van der Waals surface area contributed by atoms with Crippen molar-refractivity contribution < 1.29 is 0 Å². The fraction of sp³-hybridized carbons (Fsp3) is 1.00. The maximum Gasteiger partial charge on any atom is 0.00909 e. The Bertz CT molecular complexity index is 146. The van der Waals surface area contributed by atoms with Gasteiger partial charge in [-0.25, -0.2) is 0 Å². The monoisotopic (exact) mass is 177 g/mol. The summed E-state index contributed by atoms with van der Waals surface area (Å²) >= 11 is 5.44. The summed E-state index contributed by atoms with van der Waals surface area (Å²) in [4.78, 5) is 0. The number of piperidine rings is 1. The van der Waals surface area contributed by atoms with Crippen LogP contribution >= 0.6 is 6.19 Å². The second-order valence-electron chi connectivity index (χ2n) is 3.31. The van der Waals surface area contributed by atoms with Crippen LogP contribution in [0.15, 0.2) is 0 Å². The molecule has 1 aliphatic heterocycles. The number of hydrogen-bond acceptors (Lipinski definition) is 1. The van der Waals surface area contributed by atoms with Gasteiger partial charge in [-0.1, -0.05) is 18.2 Å². The largest absolute Gasteiger partial charge is 0.275 e. The topological polar surface area (TPSA) is 3.24 Å². The highest BCUT2D eigenvalue weighted by atomic mass is 32.4. The van der Waals surface area contributed by atoms with E-state index in [1.165, 1.54) is 32.4 Å². The number of rotatable bonds is 1. The van der Waals surface area contributed by atoms with E-state index in [0.29, 0.717) is 0 Å². The van der Waals surface area contributed by atoms with E-state index in [9.17, 15) is 0 Å². The van der Waals surface area contributed by atoms with Gasteiger partial charge in [-0.2, -0.15) is 0 Å². The molecule has 0 aromatic heterocycles. The van der Waals surface area contributed by atoms with Crippen molar-refractivity contribution in [2.24, 2.45) is 0 Å². The summed E-state index contributed by atoms with van der Waals surface area (Å²) in [5.74, 6) is 0. The van der Waals surface area contributed by atoms with Gasteiger partial charge in [-0.05, 0) is 26.2 Å². The third-order valence-electron chi connectivity index (χ3n) is 2.01. The Morgan fingerprint density at radius 1 is 1.10 bits per heavy atom. The third-order valence-corrected chi connectivity index (χ3v) is 4.47. The first-order valence-electron chi connectivity index (χ1n) is 3.91. The van der Waals surface area contributed by atoms with Gasteiger partial charge in [0.1, 0.15) is 0 Å². The molecule has 1 rings (SSSR count). The minimum atomic E-state index is -1.07. The number of nitrogens with zero attached hydrogens (tertiary/aromatic N) is 1. The molecule has 60 valence electrons. The summed E-state index contributed by atoms with van der Waals surface area (Å²) in [5.41, 5.74) is 0. The molecule has 0 unspecified atom stereocenters. The van der Waals surface area contributed by atoms with E-state index < -0.39 is 6.19 Å². The molecule has 1 nitrogen and oxygen atoms in total. The molecule has 0 saturated carbocycles. The fourth-order valence-electron chi connectivity index (χ4n) is 1.36. The van der Waals surface area contributed by atoms with Crippen LogP contribution in [0, 0.1) is 0 Å². The van der Waals surface area contributed by atoms with E-state index in [1.807, 2.05) is 0 Å². The Kier molecular flexibility index (Phi) is 2.91. The maximum absolute atomic E-state index is 5.44. The van der Waals surface area contributed by atoms with Crippen LogP contribution in [0.3, 0.4) is 0 Å². The summed E-state index contributed by atoms with van der Waals surface area (Å²) in [5, 5.41) is 0. The van der Waals surface area contributed by atoms with E-state index in [1.54, 1.807) is 0 Å². The zero-order valence-electron chi connectivity index (χ0n) is 6.84. The summed E-state index contributed by atoms with van der Waals surface area (Å²) in [6.07, 6.45) is 3.06. The minimum Gasteiger partial charge on any atom is -0.275 e. The fourth-order valence-corrected chi connectivity index (χ4v) is 3.09. The van der Waals surface area contributed by atoms with E-state index in [2.05, 4.69) is 18.0 Å². The molecule has 10 heavy (non-hydrogen) atoms. The van der Waals surface area contributed by atoms with Gasteiger partial charge in [0, 0.05) is 19.3 Å². The van der Waals surface area contributed by atoms with Crippen molar-refractivity contribution >= 4 is 18.0 Å². The van der Waals surface area contributed by atoms with Crippen molar-refractivity contribution in [2.45, 2.75) is 19.3 Å². The van der Waals surface area contributed by atoms with E-state index >= 15 is 0 Å². The molecule has 3 heteroatoms. The van der Waals surface area contributed by atoms with Crippen LogP contribution in [0.4, 0.5) is 0 Å². The first kappa shape index (κ1) is 8.70. The molecule has 0 spiro atoms. The molecule has 1 fully saturated rings. The normalized spacial score (nSPS) is 23.0. The highest BCUT2D eigenvalue weighted by Crippen LogP contribution is 2.43. The van der Waals surface area contributed by atoms with Gasteiger partial charge in [-0.3, -0.25) is 4.67 Å². The van der Waals surface area contributed by atoms with E-state index in [0.717, 1.165) is 0 Å². The summed E-state index contributed by atoms with van der Waals surface area (Å²) in [7, 11) is 0. The zero-order chi connectivity index (χ0) is 7.61. The van der Waals surface area contributed by atoms with Crippen molar-refractivity contribution in [3.05, 3.63) is 0 Å². The predicted molar refractivity (Wildman–Crippen MR) is 51.6 cm³/mol. The van der Waals surface area contributed by atoms with Crippen molar-refractivity contribution in [1.29, 1.82) is 0 Å². The molecule has 0 amide bonds. The Hall–Kier alpha value is 0.610. The average molecular weight is 177 g/mol. The molecule has 0 aromatic carbocycles. The number of hydrogen-bond donors (Lipinski definition) is 0. The Morgan fingerprint density at radius 3 is 1.90 bits per heavy atom. The van der Waals surface area contributed by atoms with Crippen molar-refractivity contribution in [2.75, 3.05) is 26.4 Å². The molecule has 0 radical (unpaired) electrons. The quantitative estimate of drug-likeness (QED) is 0.564. The smallest absolute Gasteiger partial charge is 0.00909 e. The van der Waals surface area contributed by atoms with Crippen molar-refractivity contribution in [1.82, 2.24) is 4.67 Å². The van der Waals surface area contributed by atoms with Gasteiger partial charge >= 0.3 is 0 Å². The molecule has 0 bridgehead atoms. The molecule has 1 aliphatic rings. The van der Waals surface area contributed by atoms with Crippen molar-refractivity contribution in [3.63, 3.8) is 0 Å². The van der Waals surface area contributed by atoms with Gasteiger partial charge < -0.3 is 0 Å². The van der Waals surface area contributed by atoms with Gasteiger partial charge in [0.25, 0.3) is 0 Å². The first-order chi connectivity index (χ1) is 4.61. The summed E-state index contributed by atoms with van der Waals surface area (Å²) in [6.45, 7) is 6.97. The standard InChI is InChI=1S/C7H16NPS/c1-9(2,10)8-6-4-3-5-7-8/h3-7H2,1-2H3. The minimum absolute atomic E-state index is 1.07. The highest BCUT2D eigenvalue weighted by Gasteiger charge is 2.16. The maximum atomic E-state index is 5.44. The van der Waals surface area contributed by atoms with Crippen LogP contribution in [-0.2, 0) is 11.8 Å². The molecule has 1 saturated heterocycles. The first-order valence-corrected chi connectivity index (χ1v) is 7.56. The lowest BCUT2D eigenvalue weighted by atomic mass is 10.2. The van der Waals surface area contributed by atoms with Crippen molar-refractivity contribution in [3.8, 4) is 0 Å². The predicted octanol–water partition coefficient (Wildman–Crippen LogP) is 2.13. The molecular formula is C7H16NPS.